The monoisotopic (exact) mass is 355 g/mol. The molecule has 0 heterocycles. The number of hydrogen-bond donors (Lipinski definition) is 1. The Balaban J connectivity index is 1.95. The molecule has 0 unspecified atom stereocenters. The van der Waals surface area contributed by atoms with E-state index in [1.54, 1.807) is 49.6 Å². The van der Waals surface area contributed by atoms with E-state index in [-0.39, 0.29) is 0 Å². The number of hydrogen-bond acceptors (Lipinski definition) is 5. The summed E-state index contributed by atoms with van der Waals surface area (Å²) < 4.78 is 15.5. The largest absolute Gasteiger partial charge is 0.496 e. The number of rotatable bonds is 7. The van der Waals surface area contributed by atoms with Gasteiger partial charge in [0.15, 0.2) is 6.10 Å². The third-order valence-electron chi connectivity index (χ3n) is 3.56. The maximum Gasteiger partial charge on any atom is 0.331 e. The first-order valence-electron chi connectivity index (χ1n) is 8.00. The molecule has 0 bridgehead atoms. The Morgan fingerprint density at radius 2 is 1.58 bits per heavy atom. The molecule has 0 spiro atoms. The Kier molecular flexibility index (Phi) is 6.79. The van der Waals surface area contributed by atoms with Crippen LogP contribution in [0.25, 0.3) is 6.08 Å². The van der Waals surface area contributed by atoms with E-state index in [0.29, 0.717) is 17.2 Å². The molecule has 136 valence electrons. The smallest absolute Gasteiger partial charge is 0.331 e. The lowest BCUT2D eigenvalue weighted by molar-refractivity contribution is -0.148. The first kappa shape index (κ1) is 19.1. The lowest BCUT2D eigenvalue weighted by Gasteiger charge is -2.14. The predicted molar refractivity (Wildman–Crippen MR) is 99.2 cm³/mol. The summed E-state index contributed by atoms with van der Waals surface area (Å²) in [6.07, 6.45) is 1.87. The van der Waals surface area contributed by atoms with Crippen molar-refractivity contribution in [2.75, 3.05) is 19.5 Å². The second-order valence-corrected chi connectivity index (χ2v) is 5.34. The number of nitrogens with one attached hydrogen (secondary N) is 1. The molecule has 1 N–H and O–H groups in total. The summed E-state index contributed by atoms with van der Waals surface area (Å²) in [5.74, 6) is 0.0843. The second kappa shape index (κ2) is 9.27. The minimum Gasteiger partial charge on any atom is -0.496 e. The Bertz CT molecular complexity index is 800. The van der Waals surface area contributed by atoms with E-state index in [1.165, 1.54) is 20.1 Å². The van der Waals surface area contributed by atoms with E-state index in [2.05, 4.69) is 5.32 Å². The maximum absolute atomic E-state index is 12.2. The fourth-order valence-electron chi connectivity index (χ4n) is 2.21. The molecule has 0 saturated carbocycles. The van der Waals surface area contributed by atoms with Crippen molar-refractivity contribution in [3.63, 3.8) is 0 Å². The molecule has 0 aliphatic rings. The lowest BCUT2D eigenvalue weighted by atomic mass is 10.2. The van der Waals surface area contributed by atoms with Crippen LogP contribution in [0, 0.1) is 0 Å². The van der Waals surface area contributed by atoms with Crippen LogP contribution in [0.15, 0.2) is 54.6 Å². The molecule has 2 rings (SSSR count). The van der Waals surface area contributed by atoms with Crippen molar-refractivity contribution in [3.8, 4) is 11.5 Å². The predicted octanol–water partition coefficient (Wildman–Crippen LogP) is 3.29. The van der Waals surface area contributed by atoms with Crippen LogP contribution in [0.5, 0.6) is 11.5 Å². The van der Waals surface area contributed by atoms with Crippen LogP contribution in [-0.2, 0) is 14.3 Å². The molecule has 1 amide bonds. The molecule has 0 radical (unpaired) electrons. The van der Waals surface area contributed by atoms with E-state index in [4.69, 9.17) is 14.2 Å². The van der Waals surface area contributed by atoms with Gasteiger partial charge >= 0.3 is 5.97 Å². The van der Waals surface area contributed by atoms with Crippen molar-refractivity contribution < 1.29 is 23.8 Å². The molecule has 2 aromatic carbocycles. The van der Waals surface area contributed by atoms with Gasteiger partial charge in [-0.05, 0) is 31.2 Å². The standard InChI is InChI=1S/C20H21NO5/c1-14(20(23)21-16-9-5-7-11-18(16)25-3)26-19(22)13-12-15-8-4-6-10-17(15)24-2/h4-14H,1-3H3,(H,21,23)/b13-12+/t14-/m1/s1. The first-order chi connectivity index (χ1) is 12.5. The van der Waals surface area contributed by atoms with Gasteiger partial charge < -0.3 is 19.5 Å². The molecule has 0 aliphatic carbocycles. The molecule has 0 saturated heterocycles. The van der Waals surface area contributed by atoms with Gasteiger partial charge in [0.2, 0.25) is 0 Å². The summed E-state index contributed by atoms with van der Waals surface area (Å²) in [7, 11) is 3.06. The highest BCUT2D eigenvalue weighted by molar-refractivity contribution is 5.97. The maximum atomic E-state index is 12.2. The van der Waals surface area contributed by atoms with E-state index in [0.717, 1.165) is 5.56 Å². The molecule has 6 nitrogen and oxygen atoms in total. The second-order valence-electron chi connectivity index (χ2n) is 5.34. The Labute approximate surface area is 152 Å². The quantitative estimate of drug-likeness (QED) is 0.609. The molecule has 26 heavy (non-hydrogen) atoms. The third-order valence-corrected chi connectivity index (χ3v) is 3.56. The van der Waals surface area contributed by atoms with Crippen LogP contribution < -0.4 is 14.8 Å². The van der Waals surface area contributed by atoms with Gasteiger partial charge in [0.1, 0.15) is 11.5 Å². The van der Waals surface area contributed by atoms with Crippen LogP contribution in [0.4, 0.5) is 5.69 Å². The van der Waals surface area contributed by atoms with Gasteiger partial charge in [0.25, 0.3) is 5.91 Å². The Morgan fingerprint density at radius 3 is 2.27 bits per heavy atom. The summed E-state index contributed by atoms with van der Waals surface area (Å²) in [6, 6.07) is 14.2. The van der Waals surface area contributed by atoms with Gasteiger partial charge in [0.05, 0.1) is 19.9 Å². The summed E-state index contributed by atoms with van der Waals surface area (Å²) >= 11 is 0. The van der Waals surface area contributed by atoms with E-state index >= 15 is 0 Å². The number of carbonyl (C=O) groups excluding carboxylic acids is 2. The highest BCUT2D eigenvalue weighted by Gasteiger charge is 2.18. The van der Waals surface area contributed by atoms with E-state index < -0.39 is 18.0 Å². The molecule has 0 fully saturated rings. The van der Waals surface area contributed by atoms with Gasteiger partial charge in [0, 0.05) is 11.6 Å². The van der Waals surface area contributed by atoms with Crippen molar-refractivity contribution >= 4 is 23.6 Å². The van der Waals surface area contributed by atoms with Crippen molar-refractivity contribution in [1.29, 1.82) is 0 Å². The van der Waals surface area contributed by atoms with Crippen LogP contribution >= 0.6 is 0 Å². The van der Waals surface area contributed by atoms with Crippen LogP contribution in [-0.4, -0.2) is 32.2 Å². The average Bonchev–Trinajstić information content (AvgIpc) is 2.66. The zero-order valence-electron chi connectivity index (χ0n) is 14.9. The number of methoxy groups -OCH3 is 2. The summed E-state index contributed by atoms with van der Waals surface area (Å²) in [5.41, 5.74) is 1.24. The highest BCUT2D eigenvalue weighted by atomic mass is 16.5. The molecule has 0 aliphatic heterocycles. The molecule has 6 heteroatoms. The lowest BCUT2D eigenvalue weighted by Crippen LogP contribution is -2.29. The third kappa shape index (κ3) is 5.11. The summed E-state index contributed by atoms with van der Waals surface area (Å²) in [4.78, 5) is 24.2. The fraction of sp³-hybridized carbons (Fsp3) is 0.200. The van der Waals surface area contributed by atoms with Gasteiger partial charge in [-0.2, -0.15) is 0 Å². The van der Waals surface area contributed by atoms with Crippen LogP contribution in [0.2, 0.25) is 0 Å². The molecular weight excluding hydrogens is 334 g/mol. The van der Waals surface area contributed by atoms with Crippen molar-refractivity contribution in [1.82, 2.24) is 0 Å². The minimum atomic E-state index is -0.963. The number of esters is 1. The zero-order chi connectivity index (χ0) is 18.9. The van der Waals surface area contributed by atoms with E-state index in [9.17, 15) is 9.59 Å². The van der Waals surface area contributed by atoms with Gasteiger partial charge in [-0.3, -0.25) is 4.79 Å². The SMILES string of the molecule is COc1ccccc1/C=C/C(=O)O[C@H](C)C(=O)Nc1ccccc1OC. The Hall–Kier alpha value is -3.28. The van der Waals surface area contributed by atoms with Crippen LogP contribution in [0.3, 0.4) is 0 Å². The highest BCUT2D eigenvalue weighted by Crippen LogP contribution is 2.23. The average molecular weight is 355 g/mol. The Morgan fingerprint density at radius 1 is 0.962 bits per heavy atom. The van der Waals surface area contributed by atoms with Crippen molar-refractivity contribution in [2.45, 2.75) is 13.0 Å². The molecule has 1 atom stereocenters. The van der Waals surface area contributed by atoms with Crippen molar-refractivity contribution in [3.05, 3.63) is 60.2 Å². The van der Waals surface area contributed by atoms with Crippen LogP contribution in [0.1, 0.15) is 12.5 Å². The summed E-state index contributed by atoms with van der Waals surface area (Å²) in [6.45, 7) is 1.50. The number of carbonyl (C=O) groups is 2. The topological polar surface area (TPSA) is 73.9 Å². The van der Waals surface area contributed by atoms with Gasteiger partial charge in [-0.1, -0.05) is 30.3 Å². The van der Waals surface area contributed by atoms with Crippen molar-refractivity contribution in [2.24, 2.45) is 0 Å². The van der Waals surface area contributed by atoms with E-state index in [1.807, 2.05) is 12.1 Å². The summed E-state index contributed by atoms with van der Waals surface area (Å²) in [5, 5.41) is 2.67. The normalized spacial score (nSPS) is 11.7. The van der Waals surface area contributed by atoms with Gasteiger partial charge in [-0.15, -0.1) is 0 Å². The number of benzene rings is 2. The first-order valence-corrected chi connectivity index (χ1v) is 8.00. The number of anilines is 1. The fourth-order valence-corrected chi connectivity index (χ4v) is 2.21. The number of para-hydroxylation sites is 3. The molecular formula is C20H21NO5. The molecule has 0 aromatic heterocycles. The zero-order valence-corrected chi connectivity index (χ0v) is 14.9. The number of ether oxygens (including phenoxy) is 3. The minimum absolute atomic E-state index is 0.450. The van der Waals surface area contributed by atoms with Gasteiger partial charge in [-0.25, -0.2) is 4.79 Å². The molecule has 2 aromatic rings. The number of amides is 1.